The predicted octanol–water partition coefficient (Wildman–Crippen LogP) is 8.47. The number of carbonyl (C=O) groups excluding carboxylic acids is 15. The smallest absolute Gasteiger partial charge is 0.315 e. The van der Waals surface area contributed by atoms with Crippen molar-refractivity contribution in [1.82, 2.24) is 67.9 Å². The second-order valence-electron chi connectivity index (χ2n) is 49.6. The van der Waals surface area contributed by atoms with Crippen LogP contribution in [0.4, 0.5) is 14.4 Å². The van der Waals surface area contributed by atoms with Crippen LogP contribution in [0, 0.1) is 91.7 Å². The van der Waals surface area contributed by atoms with Crippen LogP contribution in [0.15, 0.2) is 30.3 Å². The number of primary amides is 2. The number of carbonyl (C=O) groups is 15. The number of sulfone groups is 3. The molecule has 7 saturated carbocycles. The summed E-state index contributed by atoms with van der Waals surface area (Å²) in [4.78, 5) is 205. The number of nitrogens with two attached hydrogens (primary N) is 2. The summed E-state index contributed by atoms with van der Waals surface area (Å²) in [5.41, 5.74) is 7.60. The van der Waals surface area contributed by atoms with E-state index in [0.29, 0.717) is 89.5 Å². The van der Waals surface area contributed by atoms with E-state index in [1.165, 1.54) is 9.80 Å². The van der Waals surface area contributed by atoms with Crippen molar-refractivity contribution in [3.8, 4) is 0 Å². The summed E-state index contributed by atoms with van der Waals surface area (Å²) in [5.74, 6) is -8.66. The van der Waals surface area contributed by atoms with Crippen LogP contribution < -0.4 is 64.6 Å². The van der Waals surface area contributed by atoms with E-state index in [1.807, 2.05) is 103 Å². The first-order valence-corrected chi connectivity index (χ1v) is 57.6. The number of hydrogen-bond acceptors (Lipinski definition) is 21. The third-order valence-corrected chi connectivity index (χ3v) is 40.1. The van der Waals surface area contributed by atoms with Gasteiger partial charge in [0.2, 0.25) is 52.8 Å². The highest BCUT2D eigenvalue weighted by atomic mass is 32.2. The van der Waals surface area contributed by atoms with Crippen LogP contribution in [0.25, 0.3) is 0 Å². The molecule has 18 atom stereocenters. The minimum atomic E-state index is -3.62. The number of Topliss-reactive ketones (excluding diaryl/α,β-unsaturated/α-hetero) is 3. The number of piperidine rings is 3. The minimum Gasteiger partial charge on any atom is -0.363 e. The fourth-order valence-electron chi connectivity index (χ4n) is 23.6. The molecule has 0 aromatic heterocycles. The van der Waals surface area contributed by atoms with E-state index >= 15 is 0 Å². The molecule has 15 amide bonds. The van der Waals surface area contributed by atoms with Gasteiger partial charge in [0.25, 0.3) is 17.7 Å². The first kappa shape index (κ1) is 116. The molecule has 12 rings (SSSR count). The van der Waals surface area contributed by atoms with Crippen molar-refractivity contribution in [2.24, 2.45) is 103 Å². The standard InChI is InChI=1S/C37H63N5O7S.C36H55N5O7S.C31H51N5O7S/c1-8-16-26(30(43)32(45)38-21-9-2)39-31(44)29-27-25(36(27,6)7)22-42(29)33(46)28(24-17-12-10-13-18-24)40-34(47)41-37(19-14-11-15-20-37)23-50(48,49)35(3,4)5;1-34(2,3)25(20-49(47,48)19-22-13-10-9-11-14-22)39-33(46)40-29(35(4,5)6)32(45)41-18-23-26(36(23,7)8)27(41)31(44)38-24(28(42)30(37)43)17-21-15-12-16-21;1-16(2)22(20-12-9-13-44(20,42)43)34-29(41)35-25(30(3,4)5)28(40)36-15-18-21(31(18,6)7)23(36)27(39)33-19(24(37)26(32)38)14-17-10-8-11-17/h24-29H,8-23H2,1-7H3,(H,38,45)(H,39,44)(H2,40,41,47);9-11,13-14,21,23-27,29H,12,15-20H2,1-8H3,(H2,37,43)(H,38,44)(H2,39,40,46);16-23,25H,8-15H2,1-7H3,(H2,32,38)(H,33,39)(H2,34,35,41)/t25?,26?,27-,28-,29-;23?,24?,25-,26+,27+,29-;18?,19?,20?,21-,22?,23-,25+/m010/s1. The fraction of sp³-hybridized carbons (Fsp3) is 0.798. The Labute approximate surface area is 848 Å². The van der Waals surface area contributed by atoms with E-state index in [4.69, 9.17) is 11.5 Å². The minimum absolute atomic E-state index is 0.0404. The number of hydrogen-bond donors (Lipinski definition) is 12. The number of ketones is 3. The molecule has 4 heterocycles. The first-order valence-electron chi connectivity index (χ1n) is 52.4. The van der Waals surface area contributed by atoms with Crippen LogP contribution >= 0.6 is 0 Å². The Morgan fingerprint density at radius 3 is 1.28 bits per heavy atom. The molecule has 7 aliphatic carbocycles. The molecule has 1 aromatic rings. The Kier molecular flexibility index (Phi) is 36.9. The van der Waals surface area contributed by atoms with Crippen molar-refractivity contribution >= 4 is 118 Å². The summed E-state index contributed by atoms with van der Waals surface area (Å²) in [6.45, 7) is 42.5. The molecule has 0 radical (unpaired) electrons. The van der Waals surface area contributed by atoms with Crippen LogP contribution in [0.3, 0.4) is 0 Å². The van der Waals surface area contributed by atoms with Crippen molar-refractivity contribution in [3.05, 3.63) is 35.9 Å². The SMILES string of the molecule is CC(C)(C)[C@H](NC(=O)N[C@H](CS(=O)(=O)Cc1ccccc1)C(C)(C)C)C(=O)N1CC2[C@@H]([C@H]1C(=O)NC(CC1CCC1)C(=O)C(N)=O)C2(C)C.CC(C)C(NC(=O)N[C@H](C(=O)N1CC2[C@@H]([C@H]1C(=O)NC(CC1CCC1)C(=O)C(N)=O)C2(C)C)C(C)(C)C)C1CCCS1(=O)=O.CCCNC(=O)C(=O)C(CCC)NC(=O)[C@@H]1[C@@H]2C(CN1C(=O)[C@@H](NC(=O)NC1(CS(=O)(=O)C(C)(C)C)CCCCC1)C1CCCCC1)C2(C)C. The molecule has 4 aliphatic heterocycles. The average Bonchev–Trinajstić information content (AvgIpc) is 1.53. The predicted molar refractivity (Wildman–Crippen MR) is 544 cm³/mol. The maximum absolute atomic E-state index is 14.7. The molecule has 39 heteroatoms. The van der Waals surface area contributed by atoms with Gasteiger partial charge in [0.05, 0.1) is 56.7 Å². The molecule has 143 heavy (non-hydrogen) atoms. The van der Waals surface area contributed by atoms with Crippen molar-refractivity contribution < 1.29 is 97.2 Å². The van der Waals surface area contributed by atoms with Crippen LogP contribution in [0.1, 0.15) is 306 Å². The van der Waals surface area contributed by atoms with Crippen LogP contribution in [-0.4, -0.2) is 254 Å². The van der Waals surface area contributed by atoms with Gasteiger partial charge in [-0.25, -0.2) is 39.6 Å². The van der Waals surface area contributed by atoms with E-state index in [9.17, 15) is 97.2 Å². The number of likely N-dealkylation sites (tertiary alicyclic amines) is 3. The Hall–Kier alpha value is -8.88. The number of benzene rings is 1. The van der Waals surface area contributed by atoms with Gasteiger partial charge in [-0.05, 0) is 182 Å². The second-order valence-corrected chi connectivity index (χ2v) is 56.8. The topological polar surface area (TPSA) is 541 Å². The van der Waals surface area contributed by atoms with Crippen molar-refractivity contribution in [1.29, 1.82) is 0 Å². The van der Waals surface area contributed by atoms with Gasteiger partial charge < -0.3 is 79.3 Å². The maximum atomic E-state index is 14.7. The van der Waals surface area contributed by atoms with E-state index < -0.39 is 210 Å². The molecule has 36 nitrogen and oxygen atoms in total. The zero-order valence-corrected chi connectivity index (χ0v) is 91.3. The molecule has 14 N–H and O–H groups in total. The lowest BCUT2D eigenvalue weighted by Gasteiger charge is -2.41. The molecule has 1 aromatic carbocycles. The fourth-order valence-corrected chi connectivity index (χ4v) is 29.2. The number of nitrogens with zero attached hydrogens (tertiary/aromatic N) is 3. The second kappa shape index (κ2) is 45.4. The van der Waals surface area contributed by atoms with Crippen molar-refractivity contribution in [2.45, 2.75) is 388 Å². The molecular weight excluding hydrogens is 1890 g/mol. The van der Waals surface area contributed by atoms with Gasteiger partial charge in [-0.3, -0.25) is 57.5 Å². The molecule has 11 aliphatic rings. The van der Waals surface area contributed by atoms with Gasteiger partial charge in [-0.1, -0.05) is 245 Å². The Bertz CT molecular complexity index is 5210. The first-order chi connectivity index (χ1) is 66.2. The van der Waals surface area contributed by atoms with Gasteiger partial charge in [0, 0.05) is 38.3 Å². The Balaban J connectivity index is 0.000000221. The van der Waals surface area contributed by atoms with Crippen LogP contribution in [-0.2, 0) is 92.8 Å². The van der Waals surface area contributed by atoms with E-state index in [-0.39, 0.29) is 104 Å². The molecule has 11 fully saturated rings. The third-order valence-electron chi connectivity index (χ3n) is 33.4. The van der Waals surface area contributed by atoms with Gasteiger partial charge >= 0.3 is 18.1 Å². The summed E-state index contributed by atoms with van der Waals surface area (Å²) in [7, 11) is -10.5. The summed E-state index contributed by atoms with van der Waals surface area (Å²) in [5, 5.41) is 27.7. The van der Waals surface area contributed by atoms with E-state index in [0.717, 1.165) is 89.9 Å². The lowest BCUT2D eigenvalue weighted by Crippen LogP contribution is -2.63. The lowest BCUT2D eigenvalue weighted by molar-refractivity contribution is -0.145. The van der Waals surface area contributed by atoms with Gasteiger partial charge in [0.1, 0.15) is 36.3 Å². The number of fused-ring (bicyclic) bond motifs is 3. The molecule has 8 unspecified atom stereocenters. The number of rotatable bonds is 38. The molecular formula is C104H169N15O21S3. The molecule has 0 spiro atoms. The summed E-state index contributed by atoms with van der Waals surface area (Å²) in [6, 6.07) is -3.17. The zero-order chi connectivity index (χ0) is 107. The lowest BCUT2D eigenvalue weighted by atomic mass is 9.80. The highest BCUT2D eigenvalue weighted by Crippen LogP contribution is 2.67. The quantitative estimate of drug-likeness (QED) is 0.0276. The third kappa shape index (κ3) is 27.8. The average molecular weight is 2060 g/mol. The van der Waals surface area contributed by atoms with Gasteiger partial charge in [0.15, 0.2) is 29.5 Å². The van der Waals surface area contributed by atoms with Crippen LogP contribution in [0.2, 0.25) is 0 Å². The van der Waals surface area contributed by atoms with Crippen molar-refractivity contribution in [2.75, 3.05) is 43.4 Å². The Morgan fingerprint density at radius 1 is 0.476 bits per heavy atom. The van der Waals surface area contributed by atoms with Gasteiger partial charge in [-0.15, -0.1) is 0 Å². The normalized spacial score (nSPS) is 26.1. The van der Waals surface area contributed by atoms with Gasteiger partial charge in [-0.2, -0.15) is 0 Å². The van der Waals surface area contributed by atoms with E-state index in [2.05, 4.69) is 67.0 Å². The monoisotopic (exact) mass is 2060 g/mol. The largest absolute Gasteiger partial charge is 0.363 e. The molecule has 4 saturated heterocycles. The Morgan fingerprint density at radius 2 is 0.902 bits per heavy atom. The number of urea groups is 3. The highest BCUT2D eigenvalue weighted by Gasteiger charge is 2.73. The summed E-state index contributed by atoms with van der Waals surface area (Å²) in [6.07, 6.45) is 16.9. The molecule has 0 bridgehead atoms. The maximum Gasteiger partial charge on any atom is 0.315 e. The summed E-state index contributed by atoms with van der Waals surface area (Å²) >= 11 is 0. The number of amides is 15. The van der Waals surface area contributed by atoms with E-state index in [1.54, 1.807) is 70.7 Å². The summed E-state index contributed by atoms with van der Waals surface area (Å²) < 4.78 is 77.5. The molecule has 804 valence electrons. The zero-order valence-electron chi connectivity index (χ0n) is 88.8. The van der Waals surface area contributed by atoms with Crippen LogP contribution in [0.5, 0.6) is 0 Å². The highest BCUT2D eigenvalue weighted by molar-refractivity contribution is 7.93. The number of nitrogens with one attached hydrogen (secondary N) is 10. The van der Waals surface area contributed by atoms with Crippen molar-refractivity contribution in [3.63, 3.8) is 0 Å².